The van der Waals surface area contributed by atoms with E-state index < -0.39 is 0 Å². The molecule has 21 heavy (non-hydrogen) atoms. The van der Waals surface area contributed by atoms with E-state index in [0.717, 1.165) is 37.9 Å². The smallest absolute Gasteiger partial charge is 0.139 e. The first kappa shape index (κ1) is 13.3. The van der Waals surface area contributed by atoms with Gasteiger partial charge in [-0.1, -0.05) is 0 Å². The van der Waals surface area contributed by atoms with Gasteiger partial charge in [-0.15, -0.1) is 0 Å². The molecule has 2 atom stereocenters. The van der Waals surface area contributed by atoms with Crippen molar-refractivity contribution in [1.29, 1.82) is 0 Å². The molecule has 3 heterocycles. The molecule has 1 saturated carbocycles. The third-order valence-electron chi connectivity index (χ3n) is 4.81. The van der Waals surface area contributed by atoms with Crippen molar-refractivity contribution in [2.24, 2.45) is 5.92 Å². The molecular formula is C16H23N3O2. The second-order valence-corrected chi connectivity index (χ2v) is 6.67. The molecule has 2 N–H and O–H groups in total. The molecule has 2 fully saturated rings. The van der Waals surface area contributed by atoms with Gasteiger partial charge in [-0.3, -0.25) is 0 Å². The summed E-state index contributed by atoms with van der Waals surface area (Å²) in [6.07, 6.45) is 3.53. The fourth-order valence-electron chi connectivity index (χ4n) is 3.48. The number of aromatic nitrogens is 1. The standard InChI is InChI=1S/C16H23N3O2/c1-10-6-17-7-13-4-12-5-15(20)14(18-16(12)19(10)13)9-21-8-11-2-3-11/h5,10-11,13,17,20H,2-4,6-9H2,1H3/t10-,13-/m1/s1. The number of aromatic hydroxyl groups is 1. The third-order valence-corrected chi connectivity index (χ3v) is 4.81. The van der Waals surface area contributed by atoms with E-state index in [1.165, 1.54) is 18.4 Å². The van der Waals surface area contributed by atoms with Crippen LogP contribution in [0.15, 0.2) is 6.07 Å². The number of ether oxygens (including phenoxy) is 1. The van der Waals surface area contributed by atoms with Gasteiger partial charge in [0.2, 0.25) is 0 Å². The minimum absolute atomic E-state index is 0.282. The summed E-state index contributed by atoms with van der Waals surface area (Å²) in [7, 11) is 0. The fourth-order valence-corrected chi connectivity index (χ4v) is 3.48. The van der Waals surface area contributed by atoms with E-state index in [4.69, 9.17) is 9.72 Å². The van der Waals surface area contributed by atoms with Crippen LogP contribution in [0.2, 0.25) is 0 Å². The van der Waals surface area contributed by atoms with Crippen LogP contribution < -0.4 is 10.2 Å². The highest BCUT2D eigenvalue weighted by Gasteiger charge is 2.37. The minimum Gasteiger partial charge on any atom is -0.506 e. The van der Waals surface area contributed by atoms with Gasteiger partial charge in [-0.05, 0) is 38.2 Å². The van der Waals surface area contributed by atoms with E-state index in [-0.39, 0.29) is 5.75 Å². The SMILES string of the molecule is C[C@@H]1CNC[C@H]2Cc3cc(O)c(COCC4CC4)nc3N21. The molecule has 0 radical (unpaired) electrons. The number of pyridine rings is 1. The van der Waals surface area contributed by atoms with Gasteiger partial charge in [0.05, 0.1) is 6.61 Å². The Kier molecular flexibility index (Phi) is 3.27. The normalized spacial score (nSPS) is 27.6. The van der Waals surface area contributed by atoms with Crippen LogP contribution in [0.3, 0.4) is 0 Å². The molecule has 1 aromatic rings. The zero-order valence-corrected chi connectivity index (χ0v) is 12.5. The third kappa shape index (κ3) is 2.49. The molecule has 4 rings (SSSR count). The van der Waals surface area contributed by atoms with Crippen molar-refractivity contribution in [3.63, 3.8) is 0 Å². The summed E-state index contributed by atoms with van der Waals surface area (Å²) in [6.45, 7) is 5.43. The second kappa shape index (κ2) is 5.14. The Balaban J connectivity index is 1.55. The lowest BCUT2D eigenvalue weighted by molar-refractivity contribution is 0.107. The van der Waals surface area contributed by atoms with Crippen molar-refractivity contribution in [2.75, 3.05) is 24.6 Å². The summed E-state index contributed by atoms with van der Waals surface area (Å²) in [4.78, 5) is 7.14. The van der Waals surface area contributed by atoms with Crippen LogP contribution in [-0.2, 0) is 17.8 Å². The van der Waals surface area contributed by atoms with Crippen molar-refractivity contribution >= 4 is 5.82 Å². The minimum atomic E-state index is 0.282. The number of nitrogens with zero attached hydrogens (tertiary/aromatic N) is 2. The number of rotatable bonds is 4. The first-order valence-corrected chi connectivity index (χ1v) is 8.01. The number of fused-ring (bicyclic) bond motifs is 3. The zero-order valence-electron chi connectivity index (χ0n) is 12.5. The Morgan fingerprint density at radius 2 is 2.29 bits per heavy atom. The molecule has 0 aromatic carbocycles. The monoisotopic (exact) mass is 289 g/mol. The highest BCUT2D eigenvalue weighted by atomic mass is 16.5. The van der Waals surface area contributed by atoms with Crippen LogP contribution in [0.25, 0.3) is 0 Å². The molecular weight excluding hydrogens is 266 g/mol. The van der Waals surface area contributed by atoms with Crippen LogP contribution in [0.4, 0.5) is 5.82 Å². The Hall–Kier alpha value is -1.33. The largest absolute Gasteiger partial charge is 0.506 e. The molecule has 3 aliphatic rings. The molecule has 0 bridgehead atoms. The second-order valence-electron chi connectivity index (χ2n) is 6.67. The van der Waals surface area contributed by atoms with Crippen LogP contribution in [0.1, 0.15) is 31.0 Å². The first-order valence-electron chi connectivity index (χ1n) is 8.01. The van der Waals surface area contributed by atoms with Crippen LogP contribution in [0, 0.1) is 5.92 Å². The van der Waals surface area contributed by atoms with Crippen LogP contribution in [0.5, 0.6) is 5.75 Å². The molecule has 1 saturated heterocycles. The van der Waals surface area contributed by atoms with E-state index >= 15 is 0 Å². The lowest BCUT2D eigenvalue weighted by atomic mass is 10.1. The maximum atomic E-state index is 10.2. The number of piperazine rings is 1. The van der Waals surface area contributed by atoms with Gasteiger partial charge in [0.25, 0.3) is 0 Å². The molecule has 2 aliphatic heterocycles. The van der Waals surface area contributed by atoms with E-state index in [0.29, 0.717) is 24.4 Å². The van der Waals surface area contributed by atoms with Gasteiger partial charge in [0.1, 0.15) is 17.3 Å². The quantitative estimate of drug-likeness (QED) is 0.878. The van der Waals surface area contributed by atoms with Gasteiger partial charge in [0.15, 0.2) is 0 Å². The fraction of sp³-hybridized carbons (Fsp3) is 0.688. The molecule has 5 heteroatoms. The zero-order chi connectivity index (χ0) is 14.4. The summed E-state index contributed by atoms with van der Waals surface area (Å²) in [5.74, 6) is 2.07. The lowest BCUT2D eigenvalue weighted by Gasteiger charge is -2.37. The summed E-state index contributed by atoms with van der Waals surface area (Å²) < 4.78 is 5.69. The van der Waals surface area contributed by atoms with Crippen molar-refractivity contribution in [2.45, 2.75) is 44.9 Å². The average molecular weight is 289 g/mol. The van der Waals surface area contributed by atoms with Crippen molar-refractivity contribution in [1.82, 2.24) is 10.3 Å². The van der Waals surface area contributed by atoms with Crippen LogP contribution in [-0.4, -0.2) is 41.9 Å². The van der Waals surface area contributed by atoms with Gasteiger partial charge in [0, 0.05) is 37.3 Å². The van der Waals surface area contributed by atoms with E-state index in [9.17, 15) is 5.11 Å². The number of anilines is 1. The first-order chi connectivity index (χ1) is 10.2. The van der Waals surface area contributed by atoms with Crippen molar-refractivity contribution in [3.8, 4) is 5.75 Å². The molecule has 1 aromatic heterocycles. The van der Waals surface area contributed by atoms with Crippen LogP contribution >= 0.6 is 0 Å². The van der Waals surface area contributed by atoms with E-state index in [1.54, 1.807) is 0 Å². The maximum absolute atomic E-state index is 10.2. The summed E-state index contributed by atoms with van der Waals surface area (Å²) >= 11 is 0. The molecule has 5 nitrogen and oxygen atoms in total. The van der Waals surface area contributed by atoms with Gasteiger partial charge < -0.3 is 20.1 Å². The summed E-state index contributed by atoms with van der Waals surface area (Å²) in [5, 5.41) is 13.6. The number of hydrogen-bond acceptors (Lipinski definition) is 5. The highest BCUT2D eigenvalue weighted by Crippen LogP contribution is 2.37. The average Bonchev–Trinajstić information content (AvgIpc) is 3.20. The topological polar surface area (TPSA) is 57.6 Å². The number of hydrogen-bond donors (Lipinski definition) is 2. The Morgan fingerprint density at radius 3 is 3.10 bits per heavy atom. The summed E-state index contributed by atoms with van der Waals surface area (Å²) in [5.41, 5.74) is 1.85. The molecule has 0 unspecified atom stereocenters. The van der Waals surface area contributed by atoms with Gasteiger partial charge in [-0.2, -0.15) is 0 Å². The Bertz CT molecular complexity index is 545. The molecule has 1 aliphatic carbocycles. The van der Waals surface area contributed by atoms with Crippen molar-refractivity contribution < 1.29 is 9.84 Å². The summed E-state index contributed by atoms with van der Waals surface area (Å²) in [6, 6.07) is 2.81. The van der Waals surface area contributed by atoms with Crippen molar-refractivity contribution in [3.05, 3.63) is 17.3 Å². The predicted octanol–water partition coefficient (Wildman–Crippen LogP) is 1.44. The predicted molar refractivity (Wildman–Crippen MR) is 80.6 cm³/mol. The van der Waals surface area contributed by atoms with Gasteiger partial charge >= 0.3 is 0 Å². The van der Waals surface area contributed by atoms with E-state index in [1.807, 2.05) is 6.07 Å². The maximum Gasteiger partial charge on any atom is 0.139 e. The number of nitrogens with one attached hydrogen (secondary N) is 1. The molecule has 0 spiro atoms. The Morgan fingerprint density at radius 1 is 1.43 bits per heavy atom. The highest BCUT2D eigenvalue weighted by molar-refractivity contribution is 5.58. The molecule has 0 amide bonds. The molecule has 114 valence electrons. The van der Waals surface area contributed by atoms with E-state index in [2.05, 4.69) is 17.1 Å². The Labute approximate surface area is 125 Å². The lowest BCUT2D eigenvalue weighted by Crippen LogP contribution is -2.55. The van der Waals surface area contributed by atoms with Gasteiger partial charge in [-0.25, -0.2) is 4.98 Å².